The molecule has 4 aromatic rings. The standard InChI is InChI=1S/C18H17N5O2S/c1-24-14-5-3-12(11-15(14)25-2)4-6-16-22-23-17(20-21-18(23)26-16)13-7-9-19-10-8-13/h3,5,7-11H,4,6H2,1-2H3. The first-order valence-corrected chi connectivity index (χ1v) is 8.92. The molecule has 0 spiro atoms. The molecular formula is C18H17N5O2S. The monoisotopic (exact) mass is 367 g/mol. The van der Waals surface area contributed by atoms with Gasteiger partial charge in [0.25, 0.3) is 0 Å². The zero-order valence-electron chi connectivity index (χ0n) is 14.4. The molecule has 0 bridgehead atoms. The third-order valence-corrected chi connectivity index (χ3v) is 5.01. The van der Waals surface area contributed by atoms with E-state index in [1.807, 2.05) is 30.3 Å². The van der Waals surface area contributed by atoms with Crippen molar-refractivity contribution in [3.8, 4) is 22.9 Å². The predicted octanol–water partition coefficient (Wildman–Crippen LogP) is 3.05. The zero-order chi connectivity index (χ0) is 17.9. The minimum atomic E-state index is 0.732. The van der Waals surface area contributed by atoms with Crippen molar-refractivity contribution in [1.82, 2.24) is 24.8 Å². The molecule has 0 atom stereocenters. The van der Waals surface area contributed by atoms with Crippen molar-refractivity contribution in [2.24, 2.45) is 0 Å². The molecule has 7 nitrogen and oxygen atoms in total. The Morgan fingerprint density at radius 3 is 2.54 bits per heavy atom. The van der Waals surface area contributed by atoms with E-state index in [0.29, 0.717) is 0 Å². The van der Waals surface area contributed by atoms with Crippen LogP contribution >= 0.6 is 11.3 Å². The zero-order valence-corrected chi connectivity index (χ0v) is 15.2. The quantitative estimate of drug-likeness (QED) is 0.521. The van der Waals surface area contributed by atoms with Gasteiger partial charge in [0, 0.05) is 24.4 Å². The Hall–Kier alpha value is -3.00. The molecular weight excluding hydrogens is 350 g/mol. The van der Waals surface area contributed by atoms with Gasteiger partial charge in [-0.25, -0.2) is 0 Å². The lowest BCUT2D eigenvalue weighted by Gasteiger charge is -2.09. The summed E-state index contributed by atoms with van der Waals surface area (Å²) in [5.74, 6) is 2.20. The van der Waals surface area contributed by atoms with Crippen molar-refractivity contribution >= 4 is 16.3 Å². The maximum atomic E-state index is 5.36. The van der Waals surface area contributed by atoms with E-state index in [9.17, 15) is 0 Å². The van der Waals surface area contributed by atoms with Gasteiger partial charge in [0.15, 0.2) is 17.3 Å². The average molecular weight is 367 g/mol. The number of methoxy groups -OCH3 is 2. The maximum Gasteiger partial charge on any atom is 0.234 e. The first kappa shape index (κ1) is 16.5. The smallest absolute Gasteiger partial charge is 0.234 e. The van der Waals surface area contributed by atoms with Crippen molar-refractivity contribution in [2.75, 3.05) is 14.2 Å². The molecule has 0 saturated carbocycles. The highest BCUT2D eigenvalue weighted by molar-refractivity contribution is 7.16. The molecule has 0 aliphatic heterocycles. The first-order chi connectivity index (χ1) is 12.8. The molecule has 0 aliphatic carbocycles. The molecule has 0 unspecified atom stereocenters. The van der Waals surface area contributed by atoms with Gasteiger partial charge in [0.2, 0.25) is 4.96 Å². The van der Waals surface area contributed by atoms with E-state index in [4.69, 9.17) is 9.47 Å². The van der Waals surface area contributed by atoms with Crippen LogP contribution in [0.15, 0.2) is 42.7 Å². The van der Waals surface area contributed by atoms with E-state index in [0.717, 1.165) is 45.7 Å². The van der Waals surface area contributed by atoms with Gasteiger partial charge >= 0.3 is 0 Å². The molecule has 1 aromatic carbocycles. The number of rotatable bonds is 6. The second-order valence-corrected chi connectivity index (χ2v) is 6.68. The Balaban J connectivity index is 1.54. The third kappa shape index (κ3) is 3.11. The Morgan fingerprint density at radius 1 is 0.962 bits per heavy atom. The van der Waals surface area contributed by atoms with Crippen molar-refractivity contribution in [2.45, 2.75) is 12.8 Å². The summed E-state index contributed by atoms with van der Waals surface area (Å²) >= 11 is 1.56. The molecule has 0 fully saturated rings. The fraction of sp³-hybridized carbons (Fsp3) is 0.222. The molecule has 132 valence electrons. The average Bonchev–Trinajstić information content (AvgIpc) is 3.27. The number of fused-ring (bicyclic) bond motifs is 1. The summed E-state index contributed by atoms with van der Waals surface area (Å²) in [5.41, 5.74) is 2.12. The van der Waals surface area contributed by atoms with Crippen LogP contribution in [-0.2, 0) is 12.8 Å². The lowest BCUT2D eigenvalue weighted by Crippen LogP contribution is -1.96. The van der Waals surface area contributed by atoms with E-state index in [2.05, 4.69) is 20.3 Å². The number of hydrogen-bond donors (Lipinski definition) is 0. The molecule has 26 heavy (non-hydrogen) atoms. The van der Waals surface area contributed by atoms with Gasteiger partial charge in [0.05, 0.1) is 14.2 Å². The Kier molecular flexibility index (Phi) is 4.49. The van der Waals surface area contributed by atoms with Crippen LogP contribution in [0.25, 0.3) is 16.3 Å². The van der Waals surface area contributed by atoms with Gasteiger partial charge in [-0.15, -0.1) is 10.2 Å². The maximum absolute atomic E-state index is 5.36. The number of pyridine rings is 1. The van der Waals surface area contributed by atoms with Gasteiger partial charge in [0.1, 0.15) is 5.01 Å². The van der Waals surface area contributed by atoms with Gasteiger partial charge in [-0.3, -0.25) is 4.98 Å². The molecule has 0 N–H and O–H groups in total. The van der Waals surface area contributed by atoms with E-state index in [-0.39, 0.29) is 0 Å². The molecule has 3 heterocycles. The summed E-state index contributed by atoms with van der Waals surface area (Å²) < 4.78 is 12.4. The van der Waals surface area contributed by atoms with Crippen LogP contribution in [-0.4, -0.2) is 39.0 Å². The number of aryl methyl sites for hydroxylation is 2. The normalized spacial score (nSPS) is 11.0. The SMILES string of the molecule is COc1ccc(CCc2nn3c(-c4ccncc4)nnc3s2)cc1OC. The highest BCUT2D eigenvalue weighted by Crippen LogP contribution is 2.28. The number of aromatic nitrogens is 5. The Labute approximate surface area is 154 Å². The summed E-state index contributed by atoms with van der Waals surface area (Å²) in [4.78, 5) is 4.83. The Bertz CT molecular complexity index is 1030. The largest absolute Gasteiger partial charge is 0.493 e. The lowest BCUT2D eigenvalue weighted by atomic mass is 10.1. The van der Waals surface area contributed by atoms with Crippen LogP contribution in [0.3, 0.4) is 0 Å². The van der Waals surface area contributed by atoms with Crippen molar-refractivity contribution in [3.05, 3.63) is 53.3 Å². The second-order valence-electron chi connectivity index (χ2n) is 5.64. The molecule has 0 amide bonds. The summed E-state index contributed by atoms with van der Waals surface area (Å²) in [6.07, 6.45) is 5.15. The van der Waals surface area contributed by atoms with Crippen LogP contribution in [0.2, 0.25) is 0 Å². The minimum absolute atomic E-state index is 0.732. The van der Waals surface area contributed by atoms with E-state index >= 15 is 0 Å². The van der Waals surface area contributed by atoms with E-state index in [1.54, 1.807) is 42.5 Å². The lowest BCUT2D eigenvalue weighted by molar-refractivity contribution is 0.354. The summed E-state index contributed by atoms with van der Waals surface area (Å²) in [5, 5.41) is 14.2. The van der Waals surface area contributed by atoms with Crippen LogP contribution in [0, 0.1) is 0 Å². The van der Waals surface area contributed by atoms with Gasteiger partial charge < -0.3 is 9.47 Å². The second kappa shape index (κ2) is 7.09. The highest BCUT2D eigenvalue weighted by atomic mass is 32.1. The van der Waals surface area contributed by atoms with Crippen molar-refractivity contribution < 1.29 is 9.47 Å². The molecule has 0 saturated heterocycles. The van der Waals surface area contributed by atoms with Crippen LogP contribution in [0.4, 0.5) is 0 Å². The highest BCUT2D eigenvalue weighted by Gasteiger charge is 2.13. The minimum Gasteiger partial charge on any atom is -0.493 e. The molecule has 0 aliphatic rings. The number of ether oxygens (including phenoxy) is 2. The first-order valence-electron chi connectivity index (χ1n) is 8.11. The van der Waals surface area contributed by atoms with Crippen molar-refractivity contribution in [3.63, 3.8) is 0 Å². The fourth-order valence-corrected chi connectivity index (χ4v) is 3.56. The van der Waals surface area contributed by atoms with Crippen LogP contribution < -0.4 is 9.47 Å². The van der Waals surface area contributed by atoms with E-state index < -0.39 is 0 Å². The predicted molar refractivity (Wildman–Crippen MR) is 98.8 cm³/mol. The number of nitrogens with zero attached hydrogens (tertiary/aromatic N) is 5. The summed E-state index contributed by atoms with van der Waals surface area (Å²) in [7, 11) is 3.28. The van der Waals surface area contributed by atoms with Crippen LogP contribution in [0.1, 0.15) is 10.6 Å². The topological polar surface area (TPSA) is 74.4 Å². The summed E-state index contributed by atoms with van der Waals surface area (Å²) in [6.45, 7) is 0. The third-order valence-electron chi connectivity index (χ3n) is 4.05. The Morgan fingerprint density at radius 2 is 1.77 bits per heavy atom. The molecule has 0 radical (unpaired) electrons. The summed E-state index contributed by atoms with van der Waals surface area (Å²) in [6, 6.07) is 9.78. The number of benzene rings is 1. The van der Waals surface area contributed by atoms with Crippen LogP contribution in [0.5, 0.6) is 11.5 Å². The van der Waals surface area contributed by atoms with Gasteiger partial charge in [-0.2, -0.15) is 9.61 Å². The van der Waals surface area contributed by atoms with Gasteiger partial charge in [-0.1, -0.05) is 17.4 Å². The van der Waals surface area contributed by atoms with Crippen molar-refractivity contribution in [1.29, 1.82) is 0 Å². The van der Waals surface area contributed by atoms with Gasteiger partial charge in [-0.05, 0) is 36.2 Å². The molecule has 4 rings (SSSR count). The molecule has 3 aromatic heterocycles. The fourth-order valence-electron chi connectivity index (χ4n) is 2.73. The number of hydrogen-bond acceptors (Lipinski definition) is 7. The van der Waals surface area contributed by atoms with E-state index in [1.165, 1.54) is 5.56 Å². The molecule has 8 heteroatoms.